The van der Waals surface area contributed by atoms with Gasteiger partial charge in [-0.1, -0.05) is 30.3 Å². The van der Waals surface area contributed by atoms with Crippen LogP contribution in [-0.4, -0.2) is 19.0 Å². The topological polar surface area (TPSA) is 50.4 Å². The molecule has 0 bridgehead atoms. The van der Waals surface area contributed by atoms with Crippen molar-refractivity contribution in [3.8, 4) is 11.5 Å². The number of ether oxygens (including phenoxy) is 1. The first-order chi connectivity index (χ1) is 12.2. The van der Waals surface area contributed by atoms with Gasteiger partial charge in [-0.3, -0.25) is 4.79 Å². The number of hydrogen-bond acceptors (Lipinski definition) is 3. The van der Waals surface area contributed by atoms with Gasteiger partial charge in [-0.25, -0.2) is 0 Å². The van der Waals surface area contributed by atoms with Gasteiger partial charge in [-0.2, -0.15) is 0 Å². The van der Waals surface area contributed by atoms with Crippen molar-refractivity contribution in [3.05, 3.63) is 59.7 Å². The van der Waals surface area contributed by atoms with E-state index in [0.29, 0.717) is 18.9 Å². The number of hydrogen-bond donors (Lipinski definition) is 2. The Bertz CT molecular complexity index is 709. The number of rotatable bonds is 7. The summed E-state index contributed by atoms with van der Waals surface area (Å²) in [6, 6.07) is 15.8. The van der Waals surface area contributed by atoms with E-state index in [0.717, 1.165) is 42.1 Å². The molecule has 0 aliphatic carbocycles. The monoisotopic (exact) mass is 338 g/mol. The van der Waals surface area contributed by atoms with Crippen LogP contribution in [0.25, 0.3) is 0 Å². The standard InChI is InChI=1S/C21H26N2O2/c1-16-5-4-7-19(13-16)25-20-8-3-2-6-18(20)15-23-21(24)10-9-17-11-12-22-14-17/h2-8,13,17,22H,9-12,14-15H2,1H3,(H,23,24). The molecule has 1 saturated heterocycles. The smallest absolute Gasteiger partial charge is 0.220 e. The minimum Gasteiger partial charge on any atom is -0.457 e. The summed E-state index contributed by atoms with van der Waals surface area (Å²) in [7, 11) is 0. The first-order valence-corrected chi connectivity index (χ1v) is 9.00. The van der Waals surface area contributed by atoms with Crippen LogP contribution in [0, 0.1) is 12.8 Å². The highest BCUT2D eigenvalue weighted by Crippen LogP contribution is 2.25. The predicted molar refractivity (Wildman–Crippen MR) is 99.8 cm³/mol. The van der Waals surface area contributed by atoms with Crippen molar-refractivity contribution in [1.82, 2.24) is 10.6 Å². The van der Waals surface area contributed by atoms with Crippen molar-refractivity contribution >= 4 is 5.91 Å². The molecule has 0 aromatic heterocycles. The molecule has 1 atom stereocenters. The zero-order valence-electron chi connectivity index (χ0n) is 14.8. The number of carbonyl (C=O) groups excluding carboxylic acids is 1. The SMILES string of the molecule is Cc1cccc(Oc2ccccc2CNC(=O)CCC2CCNC2)c1. The summed E-state index contributed by atoms with van der Waals surface area (Å²) in [4.78, 5) is 12.1. The van der Waals surface area contributed by atoms with Crippen molar-refractivity contribution in [1.29, 1.82) is 0 Å². The van der Waals surface area contributed by atoms with Crippen molar-refractivity contribution in [2.75, 3.05) is 13.1 Å². The van der Waals surface area contributed by atoms with E-state index in [-0.39, 0.29) is 5.91 Å². The third-order valence-corrected chi connectivity index (χ3v) is 4.61. The fourth-order valence-electron chi connectivity index (χ4n) is 3.13. The summed E-state index contributed by atoms with van der Waals surface area (Å²) in [5, 5.41) is 6.36. The summed E-state index contributed by atoms with van der Waals surface area (Å²) in [6.45, 7) is 4.65. The van der Waals surface area contributed by atoms with Crippen molar-refractivity contribution < 1.29 is 9.53 Å². The van der Waals surface area contributed by atoms with Gasteiger partial charge in [0.15, 0.2) is 0 Å². The molecular formula is C21H26N2O2. The summed E-state index contributed by atoms with van der Waals surface area (Å²) >= 11 is 0. The zero-order valence-corrected chi connectivity index (χ0v) is 14.8. The molecule has 2 N–H and O–H groups in total. The van der Waals surface area contributed by atoms with Gasteiger partial charge in [0.25, 0.3) is 0 Å². The van der Waals surface area contributed by atoms with Crippen molar-refractivity contribution in [2.45, 2.75) is 32.7 Å². The molecular weight excluding hydrogens is 312 g/mol. The highest BCUT2D eigenvalue weighted by molar-refractivity contribution is 5.75. The highest BCUT2D eigenvalue weighted by Gasteiger charge is 2.15. The molecule has 0 radical (unpaired) electrons. The maximum Gasteiger partial charge on any atom is 0.220 e. The van der Waals surface area contributed by atoms with Crippen LogP contribution < -0.4 is 15.4 Å². The largest absolute Gasteiger partial charge is 0.457 e. The maximum absolute atomic E-state index is 12.1. The van der Waals surface area contributed by atoms with Crippen LogP contribution in [0.15, 0.2) is 48.5 Å². The van der Waals surface area contributed by atoms with Gasteiger partial charge in [0.2, 0.25) is 5.91 Å². The fourth-order valence-corrected chi connectivity index (χ4v) is 3.13. The Morgan fingerprint density at radius 2 is 2.12 bits per heavy atom. The average Bonchev–Trinajstić information content (AvgIpc) is 3.13. The lowest BCUT2D eigenvalue weighted by Crippen LogP contribution is -2.23. The average molecular weight is 338 g/mol. The molecule has 132 valence electrons. The Labute approximate surface area is 149 Å². The second-order valence-electron chi connectivity index (χ2n) is 6.70. The Balaban J connectivity index is 1.54. The van der Waals surface area contributed by atoms with Gasteiger partial charge in [0.05, 0.1) is 0 Å². The van der Waals surface area contributed by atoms with E-state index in [1.165, 1.54) is 6.42 Å². The van der Waals surface area contributed by atoms with Gasteiger partial charge < -0.3 is 15.4 Å². The molecule has 1 amide bonds. The van der Waals surface area contributed by atoms with E-state index in [1.54, 1.807) is 0 Å². The molecule has 0 spiro atoms. The number of nitrogens with one attached hydrogen (secondary N) is 2. The molecule has 2 aromatic carbocycles. The van der Waals surface area contributed by atoms with Crippen molar-refractivity contribution in [2.24, 2.45) is 5.92 Å². The maximum atomic E-state index is 12.1. The lowest BCUT2D eigenvalue weighted by molar-refractivity contribution is -0.121. The molecule has 1 aliphatic heterocycles. The predicted octanol–water partition coefficient (Wildman–Crippen LogP) is 3.79. The fraction of sp³-hybridized carbons (Fsp3) is 0.381. The minimum atomic E-state index is 0.109. The van der Waals surface area contributed by atoms with E-state index in [4.69, 9.17) is 4.74 Å². The molecule has 4 heteroatoms. The van der Waals surface area contributed by atoms with E-state index in [2.05, 4.69) is 10.6 Å². The van der Waals surface area contributed by atoms with Gasteiger partial charge >= 0.3 is 0 Å². The van der Waals surface area contributed by atoms with Crippen LogP contribution in [0.5, 0.6) is 11.5 Å². The summed E-state index contributed by atoms with van der Waals surface area (Å²) in [5.74, 6) is 2.35. The Morgan fingerprint density at radius 1 is 1.24 bits per heavy atom. The van der Waals surface area contributed by atoms with Crippen LogP contribution in [0.2, 0.25) is 0 Å². The quantitative estimate of drug-likeness (QED) is 0.807. The molecule has 4 nitrogen and oxygen atoms in total. The zero-order chi connectivity index (χ0) is 17.5. The van der Waals surface area contributed by atoms with E-state index < -0.39 is 0 Å². The third kappa shape index (κ3) is 5.33. The Morgan fingerprint density at radius 3 is 2.92 bits per heavy atom. The molecule has 1 aliphatic rings. The first kappa shape index (κ1) is 17.5. The number of carbonyl (C=O) groups is 1. The van der Waals surface area contributed by atoms with Gasteiger partial charge in [-0.05, 0) is 62.5 Å². The molecule has 1 unspecified atom stereocenters. The lowest BCUT2D eigenvalue weighted by atomic mass is 10.0. The molecule has 25 heavy (non-hydrogen) atoms. The Hall–Kier alpha value is -2.33. The van der Waals surface area contributed by atoms with Gasteiger partial charge in [-0.15, -0.1) is 0 Å². The molecule has 1 heterocycles. The van der Waals surface area contributed by atoms with Crippen LogP contribution >= 0.6 is 0 Å². The van der Waals surface area contributed by atoms with Crippen molar-refractivity contribution in [3.63, 3.8) is 0 Å². The molecule has 0 saturated carbocycles. The van der Waals surface area contributed by atoms with Crippen LogP contribution in [0.4, 0.5) is 0 Å². The van der Waals surface area contributed by atoms with Crippen LogP contribution in [0.3, 0.4) is 0 Å². The van der Waals surface area contributed by atoms with Gasteiger partial charge in [0, 0.05) is 18.5 Å². The highest BCUT2D eigenvalue weighted by atomic mass is 16.5. The molecule has 3 rings (SSSR count). The van der Waals surface area contributed by atoms with Crippen LogP contribution in [-0.2, 0) is 11.3 Å². The number of aryl methyl sites for hydroxylation is 1. The Kier molecular flexibility index (Phi) is 6.07. The number of amides is 1. The van der Waals surface area contributed by atoms with Gasteiger partial charge in [0.1, 0.15) is 11.5 Å². The lowest BCUT2D eigenvalue weighted by Gasteiger charge is -2.13. The van der Waals surface area contributed by atoms with E-state index in [1.807, 2.05) is 55.5 Å². The third-order valence-electron chi connectivity index (χ3n) is 4.61. The normalized spacial score (nSPS) is 16.6. The molecule has 1 fully saturated rings. The minimum absolute atomic E-state index is 0.109. The van der Waals surface area contributed by atoms with Crippen LogP contribution in [0.1, 0.15) is 30.4 Å². The second kappa shape index (κ2) is 8.67. The summed E-state index contributed by atoms with van der Waals surface area (Å²) in [6.07, 6.45) is 2.73. The number of benzene rings is 2. The first-order valence-electron chi connectivity index (χ1n) is 9.00. The van der Waals surface area contributed by atoms with E-state index >= 15 is 0 Å². The number of para-hydroxylation sites is 1. The second-order valence-corrected chi connectivity index (χ2v) is 6.70. The summed E-state index contributed by atoms with van der Waals surface area (Å²) in [5.41, 5.74) is 2.14. The molecule has 2 aromatic rings. The summed E-state index contributed by atoms with van der Waals surface area (Å²) < 4.78 is 6.00. The van der Waals surface area contributed by atoms with E-state index in [9.17, 15) is 4.79 Å².